The first kappa shape index (κ1) is 19.9. The summed E-state index contributed by atoms with van der Waals surface area (Å²) in [7, 11) is 0. The average molecular weight is 432 g/mol. The molecule has 0 radical (unpaired) electrons. The van der Waals surface area contributed by atoms with Gasteiger partial charge in [-0.15, -0.1) is 0 Å². The van der Waals surface area contributed by atoms with Crippen LogP contribution in [0.15, 0.2) is 42.9 Å². The smallest absolute Gasteiger partial charge is 0.256 e. The van der Waals surface area contributed by atoms with Crippen molar-refractivity contribution >= 4 is 29.0 Å². The second-order valence-corrected chi connectivity index (χ2v) is 7.76. The number of fused-ring (bicyclic) bond motifs is 1. The van der Waals surface area contributed by atoms with Gasteiger partial charge < -0.3 is 21.7 Å². The Hall–Kier alpha value is -3.99. The Bertz CT molecular complexity index is 1260. The highest BCUT2D eigenvalue weighted by molar-refractivity contribution is 6.04. The number of amides is 1. The van der Waals surface area contributed by atoms with Gasteiger partial charge in [0.15, 0.2) is 11.5 Å². The molecule has 1 aliphatic heterocycles. The molecular weight excluding hydrogens is 408 g/mol. The van der Waals surface area contributed by atoms with Gasteiger partial charge in [-0.2, -0.15) is 20.0 Å². The lowest BCUT2D eigenvalue weighted by molar-refractivity contribution is 0.100. The number of hydrogen-bond acceptors (Lipinski definition) is 8. The lowest BCUT2D eigenvalue weighted by Crippen LogP contribution is -2.39. The van der Waals surface area contributed by atoms with Gasteiger partial charge in [-0.05, 0) is 44.5 Å². The molecule has 0 aliphatic carbocycles. The lowest BCUT2D eigenvalue weighted by Gasteiger charge is -2.25. The van der Waals surface area contributed by atoms with Gasteiger partial charge in [0.25, 0.3) is 5.91 Å². The standard InChI is InChI=1S/C21H24N10O/c1-13-11-24-20-17(18(22)32)19(29-21(30(13)20)28-15-5-3-7-23-12-15)27-14-4-2-6-16(10-14)31-25-8-9-26-31/h2,4,6,8-11,15,23,27H,3,5,7,12H2,1H3,(H2,22,32)(H,28,29)/t15-/m1/s1. The van der Waals surface area contributed by atoms with E-state index in [1.54, 1.807) is 18.6 Å². The predicted octanol–water partition coefficient (Wildman–Crippen LogP) is 1.62. The van der Waals surface area contributed by atoms with E-state index in [-0.39, 0.29) is 11.6 Å². The van der Waals surface area contributed by atoms with E-state index in [1.165, 1.54) is 4.80 Å². The first-order chi connectivity index (χ1) is 15.6. The summed E-state index contributed by atoms with van der Waals surface area (Å²) in [6.45, 7) is 3.78. The van der Waals surface area contributed by atoms with Gasteiger partial charge in [0.05, 0.1) is 18.1 Å². The Labute approximate surface area is 184 Å². The minimum absolute atomic E-state index is 0.225. The Morgan fingerprint density at radius 2 is 2.12 bits per heavy atom. The summed E-state index contributed by atoms with van der Waals surface area (Å²) in [4.78, 5) is 23.2. The zero-order valence-corrected chi connectivity index (χ0v) is 17.6. The van der Waals surface area contributed by atoms with E-state index in [2.05, 4.69) is 31.1 Å². The average Bonchev–Trinajstić information content (AvgIpc) is 3.45. The normalized spacial score (nSPS) is 16.2. The fourth-order valence-corrected chi connectivity index (χ4v) is 3.96. The van der Waals surface area contributed by atoms with Crippen LogP contribution in [-0.4, -0.2) is 54.4 Å². The topological polar surface area (TPSA) is 140 Å². The maximum atomic E-state index is 12.4. The number of rotatable bonds is 6. The molecule has 5 N–H and O–H groups in total. The molecule has 0 saturated carbocycles. The second kappa shape index (κ2) is 8.27. The summed E-state index contributed by atoms with van der Waals surface area (Å²) < 4.78 is 1.84. The number of aromatic nitrogens is 6. The molecule has 3 aromatic heterocycles. The van der Waals surface area contributed by atoms with Gasteiger partial charge in [0.1, 0.15) is 5.56 Å². The van der Waals surface area contributed by atoms with E-state index in [0.717, 1.165) is 37.3 Å². The molecule has 5 rings (SSSR count). The van der Waals surface area contributed by atoms with E-state index in [1.807, 2.05) is 35.6 Å². The Balaban J connectivity index is 1.58. The van der Waals surface area contributed by atoms with Crippen molar-refractivity contribution in [3.8, 4) is 5.69 Å². The summed E-state index contributed by atoms with van der Waals surface area (Å²) in [6, 6.07) is 7.72. The largest absolute Gasteiger partial charge is 0.365 e. The molecule has 1 aromatic carbocycles. The van der Waals surface area contributed by atoms with Crippen molar-refractivity contribution in [3.05, 3.63) is 54.1 Å². The molecule has 1 fully saturated rings. The molecule has 0 bridgehead atoms. The fraction of sp³-hybridized carbons (Fsp3) is 0.286. The van der Waals surface area contributed by atoms with E-state index >= 15 is 0 Å². The van der Waals surface area contributed by atoms with E-state index in [9.17, 15) is 4.79 Å². The summed E-state index contributed by atoms with van der Waals surface area (Å²) >= 11 is 0. The number of piperidine rings is 1. The molecule has 0 unspecified atom stereocenters. The number of nitrogens with two attached hydrogens (primary N) is 1. The van der Waals surface area contributed by atoms with Gasteiger partial charge in [0.2, 0.25) is 5.95 Å². The van der Waals surface area contributed by atoms with Gasteiger partial charge >= 0.3 is 0 Å². The summed E-state index contributed by atoms with van der Waals surface area (Å²) in [6.07, 6.45) is 7.05. The molecule has 11 nitrogen and oxygen atoms in total. The number of primary amides is 1. The number of carbonyl (C=O) groups excluding carboxylic acids is 1. The van der Waals surface area contributed by atoms with Crippen LogP contribution in [0.25, 0.3) is 11.3 Å². The summed E-state index contributed by atoms with van der Waals surface area (Å²) in [5.74, 6) is 0.347. The van der Waals surface area contributed by atoms with E-state index in [4.69, 9.17) is 10.7 Å². The van der Waals surface area contributed by atoms with Crippen molar-refractivity contribution < 1.29 is 4.79 Å². The van der Waals surface area contributed by atoms with Crippen LogP contribution in [0.5, 0.6) is 0 Å². The van der Waals surface area contributed by atoms with Crippen LogP contribution < -0.4 is 21.7 Å². The quantitative estimate of drug-likeness (QED) is 0.360. The number of carbonyl (C=O) groups is 1. The van der Waals surface area contributed by atoms with Crippen LogP contribution >= 0.6 is 0 Å². The fourth-order valence-electron chi connectivity index (χ4n) is 3.96. The van der Waals surface area contributed by atoms with Crippen molar-refractivity contribution in [2.24, 2.45) is 5.73 Å². The maximum Gasteiger partial charge on any atom is 0.256 e. The Kier molecular flexibility index (Phi) is 5.15. The molecule has 1 atom stereocenters. The van der Waals surface area contributed by atoms with Crippen molar-refractivity contribution in [2.45, 2.75) is 25.8 Å². The molecule has 4 aromatic rings. The van der Waals surface area contributed by atoms with Crippen molar-refractivity contribution in [2.75, 3.05) is 23.7 Å². The molecule has 0 spiro atoms. The van der Waals surface area contributed by atoms with Crippen LogP contribution in [0, 0.1) is 6.92 Å². The third-order valence-electron chi connectivity index (χ3n) is 5.46. The lowest BCUT2D eigenvalue weighted by atomic mass is 10.1. The first-order valence-corrected chi connectivity index (χ1v) is 10.5. The number of aryl methyl sites for hydroxylation is 1. The van der Waals surface area contributed by atoms with Gasteiger partial charge in [-0.25, -0.2) is 4.98 Å². The number of anilines is 3. The molecule has 164 valence electrons. The summed E-state index contributed by atoms with van der Waals surface area (Å²) in [5, 5.41) is 18.5. The molecule has 1 amide bonds. The number of hydrogen-bond donors (Lipinski definition) is 4. The van der Waals surface area contributed by atoms with Crippen LogP contribution in [0.1, 0.15) is 28.9 Å². The number of benzene rings is 1. The molecule has 32 heavy (non-hydrogen) atoms. The number of nitrogens with one attached hydrogen (secondary N) is 3. The minimum atomic E-state index is -0.605. The minimum Gasteiger partial charge on any atom is -0.365 e. The first-order valence-electron chi connectivity index (χ1n) is 10.5. The van der Waals surface area contributed by atoms with E-state index < -0.39 is 5.91 Å². The number of nitrogens with zero attached hydrogens (tertiary/aromatic N) is 6. The summed E-state index contributed by atoms with van der Waals surface area (Å²) in [5.41, 5.74) is 8.79. The third kappa shape index (κ3) is 3.73. The highest BCUT2D eigenvalue weighted by Crippen LogP contribution is 2.27. The Morgan fingerprint density at radius 1 is 1.28 bits per heavy atom. The van der Waals surface area contributed by atoms with Crippen molar-refractivity contribution in [1.82, 2.24) is 34.7 Å². The second-order valence-electron chi connectivity index (χ2n) is 7.76. The van der Waals surface area contributed by atoms with Gasteiger partial charge in [-0.3, -0.25) is 9.20 Å². The maximum absolute atomic E-state index is 12.4. The van der Waals surface area contributed by atoms with Crippen molar-refractivity contribution in [3.63, 3.8) is 0 Å². The SMILES string of the molecule is Cc1cnc2c(C(N)=O)c(Nc3cccc(-n4nccn4)c3)nc(N[C@@H]3CCCNC3)n12. The molecule has 1 aliphatic rings. The van der Waals surface area contributed by atoms with Crippen LogP contribution in [0.3, 0.4) is 0 Å². The van der Waals surface area contributed by atoms with Crippen LogP contribution in [0.4, 0.5) is 17.5 Å². The van der Waals surface area contributed by atoms with E-state index in [0.29, 0.717) is 23.1 Å². The van der Waals surface area contributed by atoms with Gasteiger partial charge in [-0.1, -0.05) is 6.07 Å². The predicted molar refractivity (Wildman–Crippen MR) is 120 cm³/mol. The molecule has 11 heteroatoms. The van der Waals surface area contributed by atoms with Crippen molar-refractivity contribution in [1.29, 1.82) is 0 Å². The highest BCUT2D eigenvalue weighted by atomic mass is 16.1. The van der Waals surface area contributed by atoms with Crippen LogP contribution in [0.2, 0.25) is 0 Å². The molecule has 4 heterocycles. The number of imidazole rings is 1. The monoisotopic (exact) mass is 432 g/mol. The van der Waals surface area contributed by atoms with Gasteiger partial charge in [0, 0.05) is 30.2 Å². The third-order valence-corrected chi connectivity index (χ3v) is 5.46. The van der Waals surface area contributed by atoms with Crippen LogP contribution in [-0.2, 0) is 0 Å². The zero-order chi connectivity index (χ0) is 22.1. The Morgan fingerprint density at radius 3 is 2.88 bits per heavy atom. The highest BCUT2D eigenvalue weighted by Gasteiger charge is 2.23. The molecular formula is C21H24N10O. The molecule has 1 saturated heterocycles. The zero-order valence-electron chi connectivity index (χ0n) is 17.6.